The minimum Gasteiger partial charge on any atom is -0.466 e. The highest BCUT2D eigenvalue weighted by Gasteiger charge is 2.30. The van der Waals surface area contributed by atoms with Crippen LogP contribution in [0.5, 0.6) is 0 Å². The molecule has 1 aliphatic rings. The third-order valence-corrected chi connectivity index (χ3v) is 3.45. The summed E-state index contributed by atoms with van der Waals surface area (Å²) in [5, 5.41) is 13.5. The van der Waals surface area contributed by atoms with Gasteiger partial charge in [-0.2, -0.15) is 0 Å². The van der Waals surface area contributed by atoms with Gasteiger partial charge in [-0.25, -0.2) is 0 Å². The first-order valence-corrected chi connectivity index (χ1v) is 6.08. The van der Waals surface area contributed by atoms with Crippen molar-refractivity contribution in [1.29, 1.82) is 0 Å². The highest BCUT2D eigenvalue weighted by molar-refractivity contribution is 5.19. The topological polar surface area (TPSA) is 45.4 Å². The lowest BCUT2D eigenvalue weighted by atomic mass is 10.0. The van der Waals surface area contributed by atoms with Gasteiger partial charge in [-0.3, -0.25) is 0 Å². The molecule has 2 N–H and O–H groups in total. The van der Waals surface area contributed by atoms with Crippen LogP contribution in [-0.2, 0) is 6.54 Å². The zero-order valence-corrected chi connectivity index (χ0v) is 10.2. The lowest BCUT2D eigenvalue weighted by Crippen LogP contribution is -2.37. The van der Waals surface area contributed by atoms with Crippen LogP contribution in [0.15, 0.2) is 10.5 Å². The van der Waals surface area contributed by atoms with Crippen LogP contribution in [-0.4, -0.2) is 17.3 Å². The summed E-state index contributed by atoms with van der Waals surface area (Å²) in [4.78, 5) is 0. The number of hydrogen-bond acceptors (Lipinski definition) is 3. The molecule has 0 saturated heterocycles. The standard InChI is InChI=1S/C13H21NO2/c1-10-7-12(11(2)16-10)8-14-9-13(15)5-3-4-6-13/h7,14-15H,3-6,8-9H2,1-2H3. The number of aryl methyl sites for hydroxylation is 2. The Hall–Kier alpha value is -0.800. The molecule has 0 bridgehead atoms. The maximum Gasteiger partial charge on any atom is 0.105 e. The van der Waals surface area contributed by atoms with Crippen molar-refractivity contribution in [2.75, 3.05) is 6.54 Å². The molecule has 2 rings (SSSR count). The van der Waals surface area contributed by atoms with E-state index in [4.69, 9.17) is 4.42 Å². The molecule has 1 aliphatic carbocycles. The lowest BCUT2D eigenvalue weighted by Gasteiger charge is -2.22. The van der Waals surface area contributed by atoms with Gasteiger partial charge in [0.15, 0.2) is 0 Å². The Balaban J connectivity index is 1.81. The maximum absolute atomic E-state index is 10.2. The van der Waals surface area contributed by atoms with E-state index >= 15 is 0 Å². The van der Waals surface area contributed by atoms with E-state index < -0.39 is 5.60 Å². The number of furan rings is 1. The monoisotopic (exact) mass is 223 g/mol. The molecule has 16 heavy (non-hydrogen) atoms. The van der Waals surface area contributed by atoms with E-state index in [2.05, 4.69) is 11.4 Å². The average molecular weight is 223 g/mol. The second kappa shape index (κ2) is 4.60. The van der Waals surface area contributed by atoms with Crippen molar-refractivity contribution in [3.8, 4) is 0 Å². The quantitative estimate of drug-likeness (QED) is 0.823. The summed E-state index contributed by atoms with van der Waals surface area (Å²) >= 11 is 0. The highest BCUT2D eigenvalue weighted by Crippen LogP contribution is 2.28. The van der Waals surface area contributed by atoms with Gasteiger partial charge in [0, 0.05) is 18.7 Å². The molecule has 1 heterocycles. The summed E-state index contributed by atoms with van der Waals surface area (Å²) in [5.74, 6) is 1.93. The van der Waals surface area contributed by atoms with Crippen LogP contribution in [0.1, 0.15) is 42.8 Å². The van der Waals surface area contributed by atoms with Crippen LogP contribution in [0.3, 0.4) is 0 Å². The van der Waals surface area contributed by atoms with Gasteiger partial charge in [0.05, 0.1) is 5.60 Å². The summed E-state index contributed by atoms with van der Waals surface area (Å²) in [6, 6.07) is 2.06. The lowest BCUT2D eigenvalue weighted by molar-refractivity contribution is 0.0474. The van der Waals surface area contributed by atoms with Crippen molar-refractivity contribution in [1.82, 2.24) is 5.32 Å². The Morgan fingerprint density at radius 3 is 2.62 bits per heavy atom. The fourth-order valence-corrected chi connectivity index (χ4v) is 2.50. The number of aliphatic hydroxyl groups is 1. The molecule has 0 aliphatic heterocycles. The van der Waals surface area contributed by atoms with Crippen LogP contribution >= 0.6 is 0 Å². The van der Waals surface area contributed by atoms with E-state index in [9.17, 15) is 5.11 Å². The fourth-order valence-electron chi connectivity index (χ4n) is 2.50. The van der Waals surface area contributed by atoms with Crippen LogP contribution in [0, 0.1) is 13.8 Å². The molecule has 0 radical (unpaired) electrons. The minimum absolute atomic E-state index is 0.466. The predicted molar refractivity (Wildman–Crippen MR) is 63.3 cm³/mol. The van der Waals surface area contributed by atoms with Gasteiger partial charge >= 0.3 is 0 Å². The van der Waals surface area contributed by atoms with E-state index in [1.54, 1.807) is 0 Å². The Morgan fingerprint density at radius 1 is 1.38 bits per heavy atom. The molecule has 1 saturated carbocycles. The molecule has 3 nitrogen and oxygen atoms in total. The number of nitrogens with one attached hydrogen (secondary N) is 1. The van der Waals surface area contributed by atoms with Crippen molar-refractivity contribution in [3.63, 3.8) is 0 Å². The summed E-state index contributed by atoms with van der Waals surface area (Å²) in [5.41, 5.74) is 0.728. The maximum atomic E-state index is 10.2. The molecular weight excluding hydrogens is 202 g/mol. The van der Waals surface area contributed by atoms with E-state index in [1.807, 2.05) is 13.8 Å². The predicted octanol–water partition coefficient (Wildman–Crippen LogP) is 2.29. The Kier molecular flexibility index (Phi) is 3.36. The third kappa shape index (κ3) is 2.66. The first-order valence-electron chi connectivity index (χ1n) is 6.08. The fraction of sp³-hybridized carbons (Fsp3) is 0.692. The van der Waals surface area contributed by atoms with Gasteiger partial charge in [0.25, 0.3) is 0 Å². The van der Waals surface area contributed by atoms with Crippen molar-refractivity contribution in [2.24, 2.45) is 0 Å². The van der Waals surface area contributed by atoms with E-state index in [0.717, 1.165) is 43.7 Å². The minimum atomic E-state index is -0.466. The zero-order valence-electron chi connectivity index (χ0n) is 10.2. The van der Waals surface area contributed by atoms with Gasteiger partial charge in [-0.1, -0.05) is 12.8 Å². The summed E-state index contributed by atoms with van der Waals surface area (Å²) < 4.78 is 5.46. The van der Waals surface area contributed by atoms with Crippen LogP contribution in [0.4, 0.5) is 0 Å². The Labute approximate surface area is 96.8 Å². The van der Waals surface area contributed by atoms with E-state index in [0.29, 0.717) is 6.54 Å². The second-order valence-corrected chi connectivity index (χ2v) is 4.97. The van der Waals surface area contributed by atoms with Crippen LogP contribution in [0.25, 0.3) is 0 Å². The molecule has 0 aromatic carbocycles. The average Bonchev–Trinajstić information content (AvgIpc) is 2.75. The van der Waals surface area contributed by atoms with Crippen molar-refractivity contribution < 1.29 is 9.52 Å². The first kappa shape index (κ1) is 11.7. The van der Waals surface area contributed by atoms with Crippen molar-refractivity contribution in [3.05, 3.63) is 23.2 Å². The molecule has 1 aromatic heterocycles. The smallest absolute Gasteiger partial charge is 0.105 e. The summed E-state index contributed by atoms with van der Waals surface area (Å²) in [6.45, 7) is 5.41. The van der Waals surface area contributed by atoms with E-state index in [-0.39, 0.29) is 0 Å². The van der Waals surface area contributed by atoms with Crippen molar-refractivity contribution in [2.45, 2.75) is 51.7 Å². The van der Waals surface area contributed by atoms with Gasteiger partial charge < -0.3 is 14.8 Å². The molecule has 3 heteroatoms. The summed E-state index contributed by atoms with van der Waals surface area (Å²) in [7, 11) is 0. The molecule has 0 atom stereocenters. The number of rotatable bonds is 4. The molecular formula is C13H21NO2. The van der Waals surface area contributed by atoms with Gasteiger partial charge in [-0.05, 0) is 32.8 Å². The molecule has 90 valence electrons. The SMILES string of the molecule is Cc1cc(CNCC2(O)CCCC2)c(C)o1. The van der Waals surface area contributed by atoms with Crippen molar-refractivity contribution >= 4 is 0 Å². The Morgan fingerprint density at radius 2 is 2.06 bits per heavy atom. The van der Waals surface area contributed by atoms with Crippen LogP contribution in [0.2, 0.25) is 0 Å². The molecule has 1 aromatic rings. The zero-order chi connectivity index (χ0) is 11.6. The largest absolute Gasteiger partial charge is 0.466 e. The molecule has 0 spiro atoms. The van der Waals surface area contributed by atoms with Gasteiger partial charge in [0.1, 0.15) is 11.5 Å². The first-order chi connectivity index (χ1) is 7.59. The van der Waals surface area contributed by atoms with E-state index in [1.165, 1.54) is 5.56 Å². The third-order valence-electron chi connectivity index (χ3n) is 3.45. The van der Waals surface area contributed by atoms with Gasteiger partial charge in [0.2, 0.25) is 0 Å². The Bertz CT molecular complexity index is 351. The number of hydrogen-bond donors (Lipinski definition) is 2. The van der Waals surface area contributed by atoms with Crippen LogP contribution < -0.4 is 5.32 Å². The normalized spacial score (nSPS) is 19.2. The summed E-state index contributed by atoms with van der Waals surface area (Å²) in [6.07, 6.45) is 4.18. The van der Waals surface area contributed by atoms with Gasteiger partial charge in [-0.15, -0.1) is 0 Å². The highest BCUT2D eigenvalue weighted by atomic mass is 16.3. The molecule has 0 amide bonds. The molecule has 0 unspecified atom stereocenters. The molecule has 1 fully saturated rings. The second-order valence-electron chi connectivity index (χ2n) is 4.97.